The predicted octanol–water partition coefficient (Wildman–Crippen LogP) is 0.121. The van der Waals surface area contributed by atoms with E-state index in [1.54, 1.807) is 24.3 Å². The molecule has 4 nitrogen and oxygen atoms in total. The molecule has 1 aromatic carbocycles. The van der Waals surface area contributed by atoms with Gasteiger partial charge >= 0.3 is 0 Å². The third kappa shape index (κ3) is 2.54. The summed E-state index contributed by atoms with van der Waals surface area (Å²) >= 11 is 0. The lowest BCUT2D eigenvalue weighted by Gasteiger charge is -2.13. The Hall–Kier alpha value is -1.39. The van der Waals surface area contributed by atoms with Gasteiger partial charge in [-0.25, -0.2) is 0 Å². The van der Waals surface area contributed by atoms with Crippen LogP contribution in [0.15, 0.2) is 24.3 Å². The fourth-order valence-corrected chi connectivity index (χ4v) is 0.896. The second-order valence-electron chi connectivity index (χ2n) is 2.55. The van der Waals surface area contributed by atoms with Crippen molar-refractivity contribution in [3.8, 4) is 5.75 Å². The average molecular weight is 180 g/mol. The first kappa shape index (κ1) is 9.70. The lowest BCUT2D eigenvalue weighted by molar-refractivity contribution is 0.111. The molecule has 0 bridgehead atoms. The van der Waals surface area contributed by atoms with Crippen LogP contribution in [0.1, 0.15) is 10.4 Å². The largest absolute Gasteiger partial charge is 0.473 e. The van der Waals surface area contributed by atoms with Crippen molar-refractivity contribution < 1.29 is 9.53 Å². The zero-order valence-electron chi connectivity index (χ0n) is 7.14. The Labute approximate surface area is 76.5 Å². The molecular weight excluding hydrogens is 168 g/mol. The summed E-state index contributed by atoms with van der Waals surface area (Å²) in [6.45, 7) is 0.215. The number of benzene rings is 1. The van der Waals surface area contributed by atoms with Crippen molar-refractivity contribution in [1.29, 1.82) is 0 Å². The molecule has 4 N–H and O–H groups in total. The third-order valence-electron chi connectivity index (χ3n) is 1.56. The minimum Gasteiger partial charge on any atom is -0.473 e. The van der Waals surface area contributed by atoms with Gasteiger partial charge in [-0.3, -0.25) is 10.5 Å². The van der Waals surface area contributed by atoms with Crippen LogP contribution in [0, 0.1) is 0 Å². The molecule has 0 aliphatic carbocycles. The van der Waals surface area contributed by atoms with Gasteiger partial charge in [0.1, 0.15) is 5.75 Å². The molecule has 0 aliphatic rings. The summed E-state index contributed by atoms with van der Waals surface area (Å²) in [5, 5.41) is 0. The van der Waals surface area contributed by atoms with Gasteiger partial charge in [0.2, 0.25) is 0 Å². The van der Waals surface area contributed by atoms with Crippen LogP contribution >= 0.6 is 0 Å². The fourth-order valence-electron chi connectivity index (χ4n) is 0.896. The second kappa shape index (κ2) is 4.59. The van der Waals surface area contributed by atoms with Crippen LogP contribution in [-0.4, -0.2) is 19.1 Å². The molecular formula is C9H12N2O2. The van der Waals surface area contributed by atoms with E-state index in [1.165, 1.54) is 0 Å². The summed E-state index contributed by atoms with van der Waals surface area (Å²) in [5.41, 5.74) is 11.2. The summed E-state index contributed by atoms with van der Waals surface area (Å²) in [4.78, 5) is 10.5. The van der Waals surface area contributed by atoms with Gasteiger partial charge < -0.3 is 10.5 Å². The summed E-state index contributed by atoms with van der Waals surface area (Å²) in [7, 11) is 0. The monoisotopic (exact) mass is 180 g/mol. The molecule has 0 fully saturated rings. The number of hydrogen-bond donors (Lipinski definition) is 2. The highest BCUT2D eigenvalue weighted by molar-refractivity contribution is 5.79. The van der Waals surface area contributed by atoms with E-state index in [9.17, 15) is 4.79 Å². The molecule has 13 heavy (non-hydrogen) atoms. The van der Waals surface area contributed by atoms with Crippen molar-refractivity contribution in [2.24, 2.45) is 11.5 Å². The minimum absolute atomic E-state index is 0.215. The highest BCUT2D eigenvalue weighted by Gasteiger charge is 2.05. The number of para-hydroxylation sites is 1. The van der Waals surface area contributed by atoms with E-state index in [-0.39, 0.29) is 6.54 Å². The Bertz CT molecular complexity index is 289. The number of ether oxygens (including phenoxy) is 1. The maximum atomic E-state index is 10.5. The molecule has 1 aromatic rings. The van der Waals surface area contributed by atoms with Gasteiger partial charge in [0.15, 0.2) is 12.5 Å². The Morgan fingerprint density at radius 3 is 2.77 bits per heavy atom. The number of rotatable bonds is 4. The second-order valence-corrected chi connectivity index (χ2v) is 2.55. The smallest absolute Gasteiger partial charge is 0.160 e. The SMILES string of the molecule is NCC(N)Oc1ccccc1C=O. The average Bonchev–Trinajstić information content (AvgIpc) is 2.18. The Morgan fingerprint density at radius 2 is 2.15 bits per heavy atom. The topological polar surface area (TPSA) is 78.3 Å². The molecule has 1 unspecified atom stereocenters. The van der Waals surface area contributed by atoms with E-state index in [4.69, 9.17) is 16.2 Å². The van der Waals surface area contributed by atoms with Crippen molar-refractivity contribution in [3.05, 3.63) is 29.8 Å². The molecule has 4 heteroatoms. The standard InChI is InChI=1S/C9H12N2O2/c10-5-9(11)13-8-4-2-1-3-7(8)6-12/h1-4,6,9H,5,10-11H2. The zero-order valence-corrected chi connectivity index (χ0v) is 7.14. The van der Waals surface area contributed by atoms with Crippen LogP contribution in [0.5, 0.6) is 5.75 Å². The number of carbonyl (C=O) groups is 1. The lowest BCUT2D eigenvalue weighted by Crippen LogP contribution is -2.35. The molecule has 0 heterocycles. The summed E-state index contributed by atoms with van der Waals surface area (Å²) < 4.78 is 5.21. The maximum absolute atomic E-state index is 10.5. The number of hydrogen-bond acceptors (Lipinski definition) is 4. The number of aldehydes is 1. The number of carbonyl (C=O) groups excluding carboxylic acids is 1. The van der Waals surface area contributed by atoms with Crippen molar-refractivity contribution >= 4 is 6.29 Å². The van der Waals surface area contributed by atoms with Crippen LogP contribution in [0.2, 0.25) is 0 Å². The van der Waals surface area contributed by atoms with Crippen molar-refractivity contribution in [2.75, 3.05) is 6.54 Å². The van der Waals surface area contributed by atoms with Crippen molar-refractivity contribution in [1.82, 2.24) is 0 Å². The van der Waals surface area contributed by atoms with E-state index in [1.807, 2.05) is 0 Å². The van der Waals surface area contributed by atoms with Gasteiger partial charge in [-0.15, -0.1) is 0 Å². The van der Waals surface area contributed by atoms with E-state index < -0.39 is 6.23 Å². The molecule has 0 aromatic heterocycles. The van der Waals surface area contributed by atoms with Crippen LogP contribution in [-0.2, 0) is 0 Å². The molecule has 0 spiro atoms. The Kier molecular flexibility index (Phi) is 3.42. The van der Waals surface area contributed by atoms with Gasteiger partial charge in [0, 0.05) is 6.54 Å². The van der Waals surface area contributed by atoms with Gasteiger partial charge in [0.05, 0.1) is 5.56 Å². The minimum atomic E-state index is -0.568. The van der Waals surface area contributed by atoms with E-state index in [2.05, 4.69) is 0 Å². The molecule has 1 atom stereocenters. The summed E-state index contributed by atoms with van der Waals surface area (Å²) in [5.74, 6) is 0.468. The van der Waals surface area contributed by atoms with Crippen LogP contribution in [0.25, 0.3) is 0 Å². The van der Waals surface area contributed by atoms with Crippen molar-refractivity contribution in [3.63, 3.8) is 0 Å². The lowest BCUT2D eigenvalue weighted by atomic mass is 10.2. The first-order valence-corrected chi connectivity index (χ1v) is 3.94. The van der Waals surface area contributed by atoms with E-state index in [0.29, 0.717) is 11.3 Å². The first-order chi connectivity index (χ1) is 6.27. The highest BCUT2D eigenvalue weighted by atomic mass is 16.5. The molecule has 0 aliphatic heterocycles. The molecule has 0 radical (unpaired) electrons. The van der Waals surface area contributed by atoms with Gasteiger partial charge in [-0.2, -0.15) is 0 Å². The molecule has 0 amide bonds. The van der Waals surface area contributed by atoms with E-state index in [0.717, 1.165) is 6.29 Å². The van der Waals surface area contributed by atoms with Gasteiger partial charge in [-0.1, -0.05) is 12.1 Å². The van der Waals surface area contributed by atoms with Crippen LogP contribution in [0.4, 0.5) is 0 Å². The van der Waals surface area contributed by atoms with Crippen LogP contribution < -0.4 is 16.2 Å². The Balaban J connectivity index is 2.80. The van der Waals surface area contributed by atoms with E-state index >= 15 is 0 Å². The molecule has 70 valence electrons. The van der Waals surface area contributed by atoms with Crippen LogP contribution in [0.3, 0.4) is 0 Å². The highest BCUT2D eigenvalue weighted by Crippen LogP contribution is 2.15. The van der Waals surface area contributed by atoms with Gasteiger partial charge in [0.25, 0.3) is 0 Å². The maximum Gasteiger partial charge on any atom is 0.160 e. The third-order valence-corrected chi connectivity index (χ3v) is 1.56. The Morgan fingerprint density at radius 1 is 1.46 bits per heavy atom. The molecule has 0 saturated carbocycles. The predicted molar refractivity (Wildman–Crippen MR) is 49.5 cm³/mol. The summed E-state index contributed by atoms with van der Waals surface area (Å²) in [6.07, 6.45) is 0.152. The normalized spacial score (nSPS) is 12.2. The quantitative estimate of drug-likeness (QED) is 0.509. The molecule has 0 saturated heterocycles. The van der Waals surface area contributed by atoms with Gasteiger partial charge in [-0.05, 0) is 12.1 Å². The zero-order chi connectivity index (χ0) is 9.68. The number of nitrogens with two attached hydrogens (primary N) is 2. The summed E-state index contributed by atoms with van der Waals surface area (Å²) in [6, 6.07) is 6.86. The first-order valence-electron chi connectivity index (χ1n) is 3.94. The van der Waals surface area contributed by atoms with Crippen molar-refractivity contribution in [2.45, 2.75) is 6.23 Å². The fraction of sp³-hybridized carbons (Fsp3) is 0.222. The molecule has 1 rings (SSSR count).